The Kier molecular flexibility index (Phi) is 61.1. The van der Waals surface area contributed by atoms with Gasteiger partial charge in [0.2, 0.25) is 0 Å². The lowest BCUT2D eigenvalue weighted by Gasteiger charge is -2.21. The minimum absolute atomic E-state index is 0.106. The van der Waals surface area contributed by atoms with Crippen molar-refractivity contribution >= 4 is 39.5 Å². The van der Waals surface area contributed by atoms with E-state index >= 15 is 0 Å². The predicted molar refractivity (Wildman–Crippen MR) is 354 cm³/mol. The molecule has 0 heterocycles. The van der Waals surface area contributed by atoms with Crippen molar-refractivity contribution in [2.45, 2.75) is 374 Å². The van der Waals surface area contributed by atoms with Crippen molar-refractivity contribution in [1.29, 1.82) is 0 Å². The highest BCUT2D eigenvalue weighted by molar-refractivity contribution is 7.47. The largest absolute Gasteiger partial charge is 0.472 e. The molecule has 0 radical (unpaired) electrons. The average Bonchev–Trinajstić information content (AvgIpc) is 3.71. The fourth-order valence-corrected chi connectivity index (χ4v) is 12.0. The van der Waals surface area contributed by atoms with Crippen LogP contribution < -0.4 is 0 Å². The molecule has 0 aliphatic heterocycles. The van der Waals surface area contributed by atoms with Gasteiger partial charge in [0.15, 0.2) is 12.2 Å². The maximum Gasteiger partial charge on any atom is 0.472 e. The molecule has 0 amide bonds. The number of aliphatic hydroxyl groups is 1. The normalized spacial score (nSPS) is 14.4. The molecule has 0 saturated heterocycles. The van der Waals surface area contributed by atoms with Crippen LogP contribution in [0.15, 0.2) is 0 Å². The first-order valence-corrected chi connectivity index (χ1v) is 39.2. The fourth-order valence-electron chi connectivity index (χ4n) is 10.4. The van der Waals surface area contributed by atoms with Gasteiger partial charge in [0.05, 0.1) is 26.4 Å². The number of esters is 4. The molecule has 0 aliphatic carbocycles. The van der Waals surface area contributed by atoms with E-state index in [1.165, 1.54) is 173 Å². The number of carbonyl (C=O) groups is 4. The highest BCUT2D eigenvalue weighted by Gasteiger charge is 2.30. The molecule has 3 N–H and O–H groups in total. The summed E-state index contributed by atoms with van der Waals surface area (Å²) in [5.41, 5.74) is 0. The number of carbonyl (C=O) groups excluding carboxylic acids is 4. The maximum atomic E-state index is 13.0. The Hall–Kier alpha value is -1.94. The van der Waals surface area contributed by atoms with Gasteiger partial charge in [-0.25, -0.2) is 9.13 Å². The Bertz CT molecular complexity index is 1710. The molecule has 19 heteroatoms. The zero-order valence-electron chi connectivity index (χ0n) is 56.9. The average molecular weight is 1300 g/mol. The molecule has 0 rings (SSSR count). The summed E-state index contributed by atoms with van der Waals surface area (Å²) in [6.07, 6.45) is 48.7. The fraction of sp³-hybridized carbons (Fsp3) is 0.942. The lowest BCUT2D eigenvalue weighted by atomic mass is 9.99. The summed E-state index contributed by atoms with van der Waals surface area (Å²) in [5.74, 6) is -1.26. The molecule has 0 aromatic carbocycles. The molecule has 17 nitrogen and oxygen atoms in total. The number of rotatable bonds is 69. The summed E-state index contributed by atoms with van der Waals surface area (Å²) < 4.78 is 68.0. The number of hydrogen-bond acceptors (Lipinski definition) is 15. The third-order valence-corrected chi connectivity index (χ3v) is 18.3. The summed E-state index contributed by atoms with van der Waals surface area (Å²) in [6, 6.07) is 0. The van der Waals surface area contributed by atoms with E-state index < -0.39 is 97.5 Å². The van der Waals surface area contributed by atoms with Crippen molar-refractivity contribution in [3.63, 3.8) is 0 Å². The highest BCUT2D eigenvalue weighted by Crippen LogP contribution is 2.45. The molecule has 0 fully saturated rings. The van der Waals surface area contributed by atoms with Gasteiger partial charge in [-0.15, -0.1) is 0 Å². The van der Waals surface area contributed by atoms with Gasteiger partial charge in [-0.1, -0.05) is 304 Å². The molecule has 0 spiro atoms. The Balaban J connectivity index is 5.08. The van der Waals surface area contributed by atoms with Gasteiger partial charge in [-0.2, -0.15) is 0 Å². The Morgan fingerprint density at radius 1 is 0.318 bits per heavy atom. The first kappa shape index (κ1) is 86.1. The number of hydrogen-bond donors (Lipinski definition) is 3. The van der Waals surface area contributed by atoms with Crippen molar-refractivity contribution in [3.05, 3.63) is 0 Å². The quantitative estimate of drug-likeness (QED) is 0.0222. The van der Waals surface area contributed by atoms with E-state index in [1.807, 2.05) is 0 Å². The summed E-state index contributed by atoms with van der Waals surface area (Å²) in [5, 5.41) is 10.5. The van der Waals surface area contributed by atoms with Crippen LogP contribution in [0, 0.1) is 5.92 Å². The molecule has 522 valence electrons. The van der Waals surface area contributed by atoms with Crippen LogP contribution in [-0.4, -0.2) is 96.7 Å². The van der Waals surface area contributed by atoms with Gasteiger partial charge < -0.3 is 33.8 Å². The van der Waals surface area contributed by atoms with E-state index in [2.05, 4.69) is 34.6 Å². The van der Waals surface area contributed by atoms with Crippen LogP contribution in [0.3, 0.4) is 0 Å². The standard InChI is InChI=1S/C69H134O17P2/c1-6-10-13-16-19-32-38-43-48-53-67(72)80-59-65(86-69(74)55-50-45-40-35-31-29-27-25-23-22-24-26-28-30-34-36-41-46-51-62(5)9-4)61-84-88(77,78)82-57-63(70)56-81-87(75,76)83-60-64(58-79-66(71)52-47-42-37-21-18-15-12-8-3)85-68(73)54-49-44-39-33-20-17-14-11-7-2/h62-65,70H,6-61H2,1-5H3,(H,75,76)(H,77,78)/t62?,63-,64+,65+/m0/s1. The van der Waals surface area contributed by atoms with Gasteiger partial charge in [-0.3, -0.25) is 37.3 Å². The number of unbranched alkanes of at least 4 members (excludes halogenated alkanes) is 40. The van der Waals surface area contributed by atoms with Crippen LogP contribution in [0.2, 0.25) is 0 Å². The molecule has 0 aromatic rings. The summed E-state index contributed by atoms with van der Waals surface area (Å²) in [7, 11) is -9.88. The Morgan fingerprint density at radius 3 is 0.807 bits per heavy atom. The molecule has 88 heavy (non-hydrogen) atoms. The monoisotopic (exact) mass is 1300 g/mol. The third-order valence-electron chi connectivity index (χ3n) is 16.4. The summed E-state index contributed by atoms with van der Waals surface area (Å²) in [6.45, 7) is 7.24. The maximum absolute atomic E-state index is 13.0. The third kappa shape index (κ3) is 61.6. The Morgan fingerprint density at radius 2 is 0.545 bits per heavy atom. The van der Waals surface area contributed by atoms with E-state index in [4.69, 9.17) is 37.0 Å². The van der Waals surface area contributed by atoms with Gasteiger partial charge in [-0.05, 0) is 31.6 Å². The smallest absolute Gasteiger partial charge is 0.462 e. The molecule has 0 bridgehead atoms. The van der Waals surface area contributed by atoms with E-state index in [0.29, 0.717) is 25.7 Å². The van der Waals surface area contributed by atoms with Gasteiger partial charge in [0, 0.05) is 25.7 Å². The topological polar surface area (TPSA) is 237 Å². The van der Waals surface area contributed by atoms with E-state index in [-0.39, 0.29) is 25.7 Å². The Labute approximate surface area is 537 Å². The van der Waals surface area contributed by atoms with Crippen molar-refractivity contribution in [2.24, 2.45) is 5.92 Å². The molecule has 0 saturated carbocycles. The number of aliphatic hydroxyl groups excluding tert-OH is 1. The van der Waals surface area contributed by atoms with E-state index in [0.717, 1.165) is 102 Å². The second kappa shape index (κ2) is 62.5. The first-order chi connectivity index (χ1) is 42.6. The van der Waals surface area contributed by atoms with E-state index in [1.54, 1.807) is 0 Å². The molecule has 6 atom stereocenters. The molecule has 0 aromatic heterocycles. The van der Waals surface area contributed by atoms with Crippen LogP contribution in [0.4, 0.5) is 0 Å². The van der Waals surface area contributed by atoms with Crippen LogP contribution in [0.1, 0.15) is 356 Å². The molecular formula is C69H134O17P2. The summed E-state index contributed by atoms with van der Waals surface area (Å²) in [4.78, 5) is 72.2. The number of phosphoric acid groups is 2. The van der Waals surface area contributed by atoms with Gasteiger partial charge in [0.25, 0.3) is 0 Å². The minimum atomic E-state index is -4.95. The second-order valence-electron chi connectivity index (χ2n) is 25.2. The molecule has 3 unspecified atom stereocenters. The van der Waals surface area contributed by atoms with Crippen molar-refractivity contribution < 1.29 is 80.2 Å². The molecular weight excluding hydrogens is 1160 g/mol. The first-order valence-electron chi connectivity index (χ1n) is 36.2. The van der Waals surface area contributed by atoms with Crippen LogP contribution in [0.5, 0.6) is 0 Å². The van der Waals surface area contributed by atoms with Crippen LogP contribution >= 0.6 is 15.6 Å². The SMILES string of the molecule is CCCCCCCCCCCC(=O)OC[C@H](COP(=O)(O)OC[C@@H](O)COP(=O)(O)OC[C@@H](COC(=O)CCCCCCCCCC)OC(=O)CCCCCCCCCCC)OC(=O)CCCCCCCCCCCCCCCCCCCCC(C)CC. The van der Waals surface area contributed by atoms with Crippen molar-refractivity contribution in [2.75, 3.05) is 39.6 Å². The minimum Gasteiger partial charge on any atom is -0.462 e. The lowest BCUT2D eigenvalue weighted by Crippen LogP contribution is -2.30. The zero-order valence-corrected chi connectivity index (χ0v) is 58.6. The van der Waals surface area contributed by atoms with Crippen LogP contribution in [0.25, 0.3) is 0 Å². The van der Waals surface area contributed by atoms with Crippen molar-refractivity contribution in [1.82, 2.24) is 0 Å². The lowest BCUT2D eigenvalue weighted by molar-refractivity contribution is -0.161. The predicted octanol–water partition coefficient (Wildman–Crippen LogP) is 19.7. The van der Waals surface area contributed by atoms with Crippen LogP contribution in [-0.2, 0) is 65.4 Å². The van der Waals surface area contributed by atoms with E-state index in [9.17, 15) is 43.2 Å². The number of ether oxygens (including phenoxy) is 4. The second-order valence-corrected chi connectivity index (χ2v) is 28.1. The van der Waals surface area contributed by atoms with Crippen molar-refractivity contribution in [3.8, 4) is 0 Å². The van der Waals surface area contributed by atoms with Gasteiger partial charge >= 0.3 is 39.5 Å². The highest BCUT2D eigenvalue weighted by atomic mass is 31.2. The number of phosphoric ester groups is 2. The molecule has 0 aliphatic rings. The zero-order chi connectivity index (χ0) is 64.9. The summed E-state index contributed by atoms with van der Waals surface area (Å²) >= 11 is 0. The van der Waals surface area contributed by atoms with Gasteiger partial charge in [0.1, 0.15) is 19.3 Å².